The maximum Gasteiger partial charge on any atom is 0.240 e. The standard InChI is InChI=1S/C31H38N8O4/c40-10-9-37-15-23(41)12-26(37)30(42)38-8-7-24-18(14-38)1-6-27(33-24)35-31-32-13-19-11-25(20-16-43-17-20)34-29(28(19)36-31)39-21-2-3-22(39)5-4-21/h1,6,11,13,20-23,26,40-41H,2-5,7-10,12,14-17H2,(H,32,33,35,36)/t21?,22?,23-,26+/m0/s1. The van der Waals surface area contributed by atoms with Crippen molar-refractivity contribution in [1.82, 2.24) is 29.7 Å². The molecule has 3 N–H and O–H groups in total. The smallest absolute Gasteiger partial charge is 0.240 e. The van der Waals surface area contributed by atoms with Gasteiger partial charge in [0.05, 0.1) is 37.7 Å². The first-order valence-electron chi connectivity index (χ1n) is 15.7. The number of rotatable bonds is 7. The van der Waals surface area contributed by atoms with Crippen LogP contribution in [0.1, 0.15) is 55.0 Å². The third-order valence-electron chi connectivity index (χ3n) is 9.97. The molecule has 0 unspecified atom stereocenters. The quantitative estimate of drug-likeness (QED) is 0.373. The van der Waals surface area contributed by atoms with Crippen molar-refractivity contribution in [1.29, 1.82) is 0 Å². The fourth-order valence-electron chi connectivity index (χ4n) is 7.67. The van der Waals surface area contributed by atoms with Crippen LogP contribution in [0.3, 0.4) is 0 Å². The second-order valence-corrected chi connectivity index (χ2v) is 12.7. The van der Waals surface area contributed by atoms with Gasteiger partial charge >= 0.3 is 0 Å². The summed E-state index contributed by atoms with van der Waals surface area (Å²) in [7, 11) is 0. The number of carbonyl (C=O) groups is 1. The maximum absolute atomic E-state index is 13.3. The Kier molecular flexibility index (Phi) is 6.89. The third kappa shape index (κ3) is 4.90. The van der Waals surface area contributed by atoms with Crippen LogP contribution in [0, 0.1) is 0 Å². The van der Waals surface area contributed by atoms with Crippen molar-refractivity contribution < 1.29 is 19.7 Å². The van der Waals surface area contributed by atoms with Crippen LogP contribution in [0.5, 0.6) is 0 Å². The number of pyridine rings is 2. The van der Waals surface area contributed by atoms with Crippen molar-refractivity contribution in [3.8, 4) is 0 Å². The molecule has 0 saturated carbocycles. The lowest BCUT2D eigenvalue weighted by atomic mass is 10.0. The zero-order valence-electron chi connectivity index (χ0n) is 24.2. The van der Waals surface area contributed by atoms with E-state index in [0.717, 1.165) is 33.7 Å². The van der Waals surface area contributed by atoms with Crippen molar-refractivity contribution in [2.24, 2.45) is 0 Å². The Labute approximate surface area is 250 Å². The summed E-state index contributed by atoms with van der Waals surface area (Å²) in [5.74, 6) is 2.48. The van der Waals surface area contributed by atoms with Crippen LogP contribution in [0.25, 0.3) is 10.9 Å². The van der Waals surface area contributed by atoms with Gasteiger partial charge in [-0.25, -0.2) is 19.9 Å². The van der Waals surface area contributed by atoms with Crippen LogP contribution < -0.4 is 10.2 Å². The molecule has 2 atom stereocenters. The molecule has 1 amide bonds. The normalized spacial score (nSPS) is 27.1. The van der Waals surface area contributed by atoms with E-state index in [1.54, 1.807) is 0 Å². The summed E-state index contributed by atoms with van der Waals surface area (Å²) >= 11 is 0. The van der Waals surface area contributed by atoms with Crippen LogP contribution in [0.15, 0.2) is 24.4 Å². The summed E-state index contributed by atoms with van der Waals surface area (Å²) in [4.78, 5) is 39.3. The number of carbonyl (C=O) groups excluding carboxylic acids is 1. The van der Waals surface area contributed by atoms with Gasteiger partial charge in [-0.15, -0.1) is 0 Å². The van der Waals surface area contributed by atoms with E-state index in [0.29, 0.717) is 82.0 Å². The van der Waals surface area contributed by atoms with E-state index in [9.17, 15) is 15.0 Å². The predicted octanol–water partition coefficient (Wildman–Crippen LogP) is 1.72. The topological polar surface area (TPSA) is 140 Å². The van der Waals surface area contributed by atoms with Crippen LogP contribution in [0.2, 0.25) is 0 Å². The molecule has 5 aliphatic heterocycles. The van der Waals surface area contributed by atoms with Crippen LogP contribution in [0.4, 0.5) is 17.6 Å². The molecule has 8 rings (SSSR count). The maximum atomic E-state index is 13.3. The minimum absolute atomic E-state index is 0.00580. The summed E-state index contributed by atoms with van der Waals surface area (Å²) in [6, 6.07) is 6.72. The molecule has 0 radical (unpaired) electrons. The Morgan fingerprint density at radius 2 is 1.91 bits per heavy atom. The van der Waals surface area contributed by atoms with Crippen molar-refractivity contribution in [3.63, 3.8) is 0 Å². The number of β-amino-alcohol motifs (C(OH)–C–C–N with tert-alkyl or cyclic N) is 2. The Balaban J connectivity index is 1.02. The van der Waals surface area contributed by atoms with Crippen LogP contribution in [-0.2, 0) is 22.5 Å². The van der Waals surface area contributed by atoms with E-state index in [1.165, 1.54) is 25.7 Å². The molecular formula is C31H38N8O4. The van der Waals surface area contributed by atoms with Crippen LogP contribution >= 0.6 is 0 Å². The zero-order chi connectivity index (χ0) is 29.1. The molecule has 3 aromatic rings. The third-order valence-corrected chi connectivity index (χ3v) is 9.97. The van der Waals surface area contributed by atoms with Gasteiger partial charge in [-0.05, 0) is 49.8 Å². The number of amides is 1. The first-order valence-corrected chi connectivity index (χ1v) is 15.7. The highest BCUT2D eigenvalue weighted by Gasteiger charge is 2.42. The summed E-state index contributed by atoms with van der Waals surface area (Å²) in [6.45, 7) is 3.25. The van der Waals surface area contributed by atoms with E-state index in [2.05, 4.69) is 21.3 Å². The van der Waals surface area contributed by atoms with Crippen LogP contribution in [-0.4, -0.2) is 110 Å². The number of nitrogens with one attached hydrogen (secondary N) is 1. The molecule has 12 nitrogen and oxygen atoms in total. The SMILES string of the molecule is O=C([C@H]1C[C@H](O)CN1CCO)N1CCc2nc(Nc3ncc4cc(C5COC5)nc(N5C6CCC5CC6)c4n3)ccc2C1. The number of anilines is 3. The number of ether oxygens (including phenoxy) is 1. The van der Waals surface area contributed by atoms with Gasteiger partial charge in [-0.1, -0.05) is 6.07 Å². The number of hydrogen-bond donors (Lipinski definition) is 3. The Morgan fingerprint density at radius 3 is 2.65 bits per heavy atom. The van der Waals surface area contributed by atoms with Crippen molar-refractivity contribution >= 4 is 34.4 Å². The first-order chi connectivity index (χ1) is 21.0. The lowest BCUT2D eigenvalue weighted by Gasteiger charge is -2.33. The van der Waals surface area contributed by atoms with Crippen molar-refractivity contribution in [2.45, 2.75) is 75.2 Å². The monoisotopic (exact) mass is 586 g/mol. The molecule has 226 valence electrons. The number of hydrogen-bond acceptors (Lipinski definition) is 11. The van der Waals surface area contributed by atoms with Gasteiger partial charge in [0.2, 0.25) is 11.9 Å². The Bertz CT molecular complexity index is 1530. The summed E-state index contributed by atoms with van der Waals surface area (Å²) in [5, 5.41) is 23.8. The highest BCUT2D eigenvalue weighted by molar-refractivity contribution is 5.90. The average Bonchev–Trinajstić information content (AvgIpc) is 3.69. The van der Waals surface area contributed by atoms with Gasteiger partial charge in [0.15, 0.2) is 5.82 Å². The average molecular weight is 587 g/mol. The Hall–Kier alpha value is -3.45. The molecule has 4 fully saturated rings. The molecule has 0 aromatic carbocycles. The molecule has 5 aliphatic rings. The minimum atomic E-state index is -0.540. The highest BCUT2D eigenvalue weighted by atomic mass is 16.5. The number of likely N-dealkylation sites (tertiary alicyclic amines) is 1. The van der Waals surface area contributed by atoms with E-state index in [1.807, 2.05) is 28.1 Å². The lowest BCUT2D eigenvalue weighted by molar-refractivity contribution is -0.137. The summed E-state index contributed by atoms with van der Waals surface area (Å²) < 4.78 is 5.46. The lowest BCUT2D eigenvalue weighted by Crippen LogP contribution is -2.48. The molecule has 0 spiro atoms. The molecule has 4 saturated heterocycles. The fourth-order valence-corrected chi connectivity index (χ4v) is 7.67. The van der Waals surface area contributed by atoms with Gasteiger partial charge in [0.1, 0.15) is 11.3 Å². The van der Waals surface area contributed by atoms with Gasteiger partial charge in [0.25, 0.3) is 0 Å². The number of aliphatic hydroxyl groups excluding tert-OH is 2. The van der Waals surface area contributed by atoms with E-state index in [4.69, 9.17) is 19.7 Å². The van der Waals surface area contributed by atoms with Crippen molar-refractivity contribution in [2.75, 3.05) is 49.7 Å². The van der Waals surface area contributed by atoms with Crippen molar-refractivity contribution in [3.05, 3.63) is 41.3 Å². The predicted molar refractivity (Wildman–Crippen MR) is 159 cm³/mol. The number of fused-ring (bicyclic) bond motifs is 4. The molecular weight excluding hydrogens is 548 g/mol. The summed E-state index contributed by atoms with van der Waals surface area (Å²) in [5.41, 5.74) is 3.91. The van der Waals surface area contributed by atoms with Gasteiger partial charge < -0.3 is 30.1 Å². The zero-order valence-corrected chi connectivity index (χ0v) is 24.2. The fraction of sp³-hybridized carbons (Fsp3) is 0.581. The van der Waals surface area contributed by atoms with E-state index < -0.39 is 12.1 Å². The van der Waals surface area contributed by atoms with E-state index in [-0.39, 0.29) is 12.5 Å². The molecule has 3 aromatic heterocycles. The number of aromatic nitrogens is 4. The molecule has 8 heterocycles. The minimum Gasteiger partial charge on any atom is -0.395 e. The Morgan fingerprint density at radius 1 is 1.09 bits per heavy atom. The molecule has 2 bridgehead atoms. The first kappa shape index (κ1) is 27.1. The largest absolute Gasteiger partial charge is 0.395 e. The van der Waals surface area contributed by atoms with E-state index >= 15 is 0 Å². The second kappa shape index (κ2) is 10.9. The molecule has 12 heteroatoms. The van der Waals surface area contributed by atoms with Gasteiger partial charge in [-0.3, -0.25) is 9.69 Å². The van der Waals surface area contributed by atoms with Gasteiger partial charge in [-0.2, -0.15) is 0 Å². The molecule has 0 aliphatic carbocycles. The van der Waals surface area contributed by atoms with Gasteiger partial charge in [0, 0.05) is 67.9 Å². The number of aliphatic hydroxyl groups is 2. The summed E-state index contributed by atoms with van der Waals surface area (Å²) in [6.07, 6.45) is 7.25. The second-order valence-electron chi connectivity index (χ2n) is 12.7. The molecule has 43 heavy (non-hydrogen) atoms. The number of nitrogens with zero attached hydrogens (tertiary/aromatic N) is 7. The highest BCUT2D eigenvalue weighted by Crippen LogP contribution is 2.43.